The number of hydrogen-bond acceptors (Lipinski definition) is 2. The van der Waals surface area contributed by atoms with Crippen molar-refractivity contribution in [3.8, 4) is 12.0 Å². The highest BCUT2D eigenvalue weighted by Crippen LogP contribution is 2.08. The van der Waals surface area contributed by atoms with Gasteiger partial charge in [0.1, 0.15) is 0 Å². The first-order valence-electron chi connectivity index (χ1n) is 4.06. The SMILES string of the molecule is CC#CNS(=O)(=O)c1ccc(C)cc1. The number of aryl methyl sites for hydroxylation is 1. The minimum absolute atomic E-state index is 0.228. The van der Waals surface area contributed by atoms with E-state index in [1.165, 1.54) is 0 Å². The Morgan fingerprint density at radius 3 is 2.29 bits per heavy atom. The van der Waals surface area contributed by atoms with Crippen molar-refractivity contribution in [3.63, 3.8) is 0 Å². The molecule has 0 heterocycles. The Hall–Kier alpha value is -1.47. The van der Waals surface area contributed by atoms with E-state index in [0.717, 1.165) is 5.56 Å². The molecule has 74 valence electrons. The molecule has 1 rings (SSSR count). The zero-order chi connectivity index (χ0) is 10.6. The van der Waals surface area contributed by atoms with Crippen LogP contribution in [0.4, 0.5) is 0 Å². The van der Waals surface area contributed by atoms with Crippen molar-refractivity contribution in [1.29, 1.82) is 0 Å². The molecule has 0 bridgehead atoms. The van der Waals surface area contributed by atoms with E-state index in [2.05, 4.69) is 16.7 Å². The van der Waals surface area contributed by atoms with Crippen LogP contribution in [-0.2, 0) is 10.0 Å². The van der Waals surface area contributed by atoms with Gasteiger partial charge in [-0.3, -0.25) is 0 Å². The van der Waals surface area contributed by atoms with E-state index >= 15 is 0 Å². The number of hydrogen-bond donors (Lipinski definition) is 1. The molecule has 0 aliphatic rings. The summed E-state index contributed by atoms with van der Waals surface area (Å²) >= 11 is 0. The Kier molecular flexibility index (Phi) is 3.15. The van der Waals surface area contributed by atoms with Gasteiger partial charge in [0.25, 0.3) is 10.0 Å². The highest BCUT2D eigenvalue weighted by molar-refractivity contribution is 7.89. The molecule has 0 unspecified atom stereocenters. The third-order valence-corrected chi connectivity index (χ3v) is 2.91. The second kappa shape index (κ2) is 4.16. The Bertz CT molecular complexity index is 463. The summed E-state index contributed by atoms with van der Waals surface area (Å²) in [6, 6.07) is 8.90. The second-order valence-electron chi connectivity index (χ2n) is 2.79. The third kappa shape index (κ3) is 2.51. The second-order valence-corrected chi connectivity index (χ2v) is 4.48. The normalized spacial score (nSPS) is 10.1. The number of rotatable bonds is 2. The van der Waals surface area contributed by atoms with Crippen LogP contribution in [0.3, 0.4) is 0 Å². The fraction of sp³-hybridized carbons (Fsp3) is 0.200. The van der Waals surface area contributed by atoms with E-state index in [1.54, 1.807) is 31.2 Å². The molecule has 14 heavy (non-hydrogen) atoms. The molecule has 1 N–H and O–H groups in total. The van der Waals surface area contributed by atoms with E-state index in [-0.39, 0.29) is 4.90 Å². The first-order valence-corrected chi connectivity index (χ1v) is 5.55. The number of benzene rings is 1. The molecule has 0 radical (unpaired) electrons. The van der Waals surface area contributed by atoms with Gasteiger partial charge in [-0.25, -0.2) is 13.1 Å². The van der Waals surface area contributed by atoms with E-state index in [0.29, 0.717) is 0 Å². The van der Waals surface area contributed by atoms with E-state index < -0.39 is 10.0 Å². The summed E-state index contributed by atoms with van der Waals surface area (Å²) in [5, 5.41) is 0. The van der Waals surface area contributed by atoms with Gasteiger partial charge in [0.15, 0.2) is 0 Å². The molecule has 0 saturated heterocycles. The first kappa shape index (κ1) is 10.6. The summed E-state index contributed by atoms with van der Waals surface area (Å²) in [4.78, 5) is 0.228. The van der Waals surface area contributed by atoms with Gasteiger partial charge in [0.2, 0.25) is 0 Å². The summed E-state index contributed by atoms with van der Waals surface area (Å²) in [5.74, 6) is 2.46. The molecule has 0 atom stereocenters. The van der Waals surface area contributed by atoms with Crippen LogP contribution < -0.4 is 4.72 Å². The topological polar surface area (TPSA) is 46.2 Å². The van der Waals surface area contributed by atoms with Gasteiger partial charge < -0.3 is 0 Å². The van der Waals surface area contributed by atoms with Crippen molar-refractivity contribution in [2.24, 2.45) is 0 Å². The fourth-order valence-electron chi connectivity index (χ4n) is 0.895. The lowest BCUT2D eigenvalue weighted by atomic mass is 10.2. The quantitative estimate of drug-likeness (QED) is 0.588. The van der Waals surface area contributed by atoms with Crippen LogP contribution in [0.1, 0.15) is 12.5 Å². The Balaban J connectivity index is 3.03. The largest absolute Gasteiger partial charge is 0.268 e. The Morgan fingerprint density at radius 1 is 1.21 bits per heavy atom. The predicted molar refractivity (Wildman–Crippen MR) is 55.0 cm³/mol. The van der Waals surface area contributed by atoms with Crippen molar-refractivity contribution in [1.82, 2.24) is 4.72 Å². The van der Waals surface area contributed by atoms with Crippen molar-refractivity contribution in [3.05, 3.63) is 29.8 Å². The van der Waals surface area contributed by atoms with Crippen LogP contribution in [0.2, 0.25) is 0 Å². The molecule has 0 spiro atoms. The van der Waals surface area contributed by atoms with E-state index in [4.69, 9.17) is 0 Å². The lowest BCUT2D eigenvalue weighted by molar-refractivity contribution is 0.591. The molecule has 0 aliphatic carbocycles. The van der Waals surface area contributed by atoms with Crippen LogP contribution >= 0.6 is 0 Å². The average molecular weight is 209 g/mol. The van der Waals surface area contributed by atoms with E-state index in [1.807, 2.05) is 6.92 Å². The van der Waals surface area contributed by atoms with Crippen LogP contribution in [0, 0.1) is 18.9 Å². The maximum Gasteiger partial charge on any atom is 0.268 e. The fourth-order valence-corrected chi connectivity index (χ4v) is 1.74. The minimum Gasteiger partial charge on any atom is -0.238 e. The highest BCUT2D eigenvalue weighted by atomic mass is 32.2. The molecule has 0 amide bonds. The van der Waals surface area contributed by atoms with Gasteiger partial charge in [0.05, 0.1) is 4.90 Å². The van der Waals surface area contributed by atoms with Crippen molar-refractivity contribution in [2.45, 2.75) is 18.7 Å². The smallest absolute Gasteiger partial charge is 0.238 e. The molecule has 1 aromatic rings. The number of nitrogens with one attached hydrogen (secondary N) is 1. The molecule has 3 nitrogen and oxygen atoms in total. The zero-order valence-electron chi connectivity index (χ0n) is 8.03. The number of sulfonamides is 1. The molecular formula is C10H11NO2S. The molecule has 0 fully saturated rings. The lowest BCUT2D eigenvalue weighted by Crippen LogP contribution is -2.18. The van der Waals surface area contributed by atoms with Crippen LogP contribution in [0.5, 0.6) is 0 Å². The van der Waals surface area contributed by atoms with Gasteiger partial charge in [-0.05, 0) is 26.0 Å². The Morgan fingerprint density at radius 2 is 1.79 bits per heavy atom. The lowest BCUT2D eigenvalue weighted by Gasteiger charge is -2.01. The third-order valence-electron chi connectivity index (χ3n) is 1.64. The van der Waals surface area contributed by atoms with Crippen LogP contribution in [0.15, 0.2) is 29.2 Å². The van der Waals surface area contributed by atoms with Gasteiger partial charge in [-0.2, -0.15) is 0 Å². The molecule has 0 aromatic heterocycles. The highest BCUT2D eigenvalue weighted by Gasteiger charge is 2.10. The summed E-state index contributed by atoms with van der Waals surface area (Å²) in [6.07, 6.45) is 0. The Labute approximate surface area is 84.2 Å². The molecular weight excluding hydrogens is 198 g/mol. The summed E-state index contributed by atoms with van der Waals surface area (Å²) < 4.78 is 25.1. The standard InChI is InChI=1S/C10H11NO2S/c1-3-8-11-14(12,13)10-6-4-9(2)5-7-10/h4-7,11H,1-2H3. The molecule has 0 saturated carbocycles. The van der Waals surface area contributed by atoms with Gasteiger partial charge in [-0.15, -0.1) is 0 Å². The van der Waals surface area contributed by atoms with Gasteiger partial charge in [-0.1, -0.05) is 23.6 Å². The van der Waals surface area contributed by atoms with Crippen molar-refractivity contribution < 1.29 is 8.42 Å². The minimum atomic E-state index is -3.46. The molecule has 1 aromatic carbocycles. The predicted octanol–water partition coefficient (Wildman–Crippen LogP) is 1.25. The van der Waals surface area contributed by atoms with Gasteiger partial charge >= 0.3 is 0 Å². The van der Waals surface area contributed by atoms with Crippen LogP contribution in [0.25, 0.3) is 0 Å². The molecule has 4 heteroatoms. The summed E-state index contributed by atoms with van der Waals surface area (Å²) in [7, 11) is -3.46. The van der Waals surface area contributed by atoms with Gasteiger partial charge in [0, 0.05) is 6.04 Å². The maximum atomic E-state index is 11.5. The summed E-state index contributed by atoms with van der Waals surface area (Å²) in [6.45, 7) is 3.47. The van der Waals surface area contributed by atoms with E-state index in [9.17, 15) is 8.42 Å². The first-order chi connectivity index (χ1) is 6.56. The zero-order valence-corrected chi connectivity index (χ0v) is 8.85. The van der Waals surface area contributed by atoms with Crippen LogP contribution in [-0.4, -0.2) is 8.42 Å². The van der Waals surface area contributed by atoms with Crippen molar-refractivity contribution >= 4 is 10.0 Å². The monoisotopic (exact) mass is 209 g/mol. The maximum absolute atomic E-state index is 11.5. The molecule has 0 aliphatic heterocycles. The average Bonchev–Trinajstić information content (AvgIpc) is 2.16. The van der Waals surface area contributed by atoms with Crippen molar-refractivity contribution in [2.75, 3.05) is 0 Å². The summed E-state index contributed by atoms with van der Waals surface area (Å²) in [5.41, 5.74) is 1.02.